The predicted molar refractivity (Wildman–Crippen MR) is 60.3 cm³/mol. The average molecular weight is 229 g/mol. The van der Waals surface area contributed by atoms with E-state index in [0.717, 1.165) is 21.2 Å². The van der Waals surface area contributed by atoms with E-state index in [9.17, 15) is 4.79 Å². The lowest BCUT2D eigenvalue weighted by Crippen LogP contribution is -2.04. The molecule has 1 aromatic rings. The fraction of sp³-hybridized carbons (Fsp3) is 0.545. The van der Waals surface area contributed by atoms with E-state index >= 15 is 0 Å². The summed E-state index contributed by atoms with van der Waals surface area (Å²) in [5.74, 6) is 0.492. The molecule has 1 heterocycles. The summed E-state index contributed by atoms with van der Waals surface area (Å²) < 4.78 is 0.742. The number of rotatable bonds is 2. The van der Waals surface area contributed by atoms with E-state index in [1.807, 2.05) is 13.0 Å². The Morgan fingerprint density at radius 1 is 1.64 bits per heavy atom. The number of hydrogen-bond acceptors (Lipinski definition) is 2. The number of carbonyl (C=O) groups is 1. The number of thiophene rings is 1. The van der Waals surface area contributed by atoms with E-state index in [1.54, 1.807) is 0 Å². The van der Waals surface area contributed by atoms with E-state index in [-0.39, 0.29) is 17.1 Å². The molecule has 0 N–H and O–H groups in total. The van der Waals surface area contributed by atoms with Gasteiger partial charge in [0.25, 0.3) is 0 Å². The summed E-state index contributed by atoms with van der Waals surface area (Å²) in [6.45, 7) is 6.21. The van der Waals surface area contributed by atoms with Crippen molar-refractivity contribution in [2.75, 3.05) is 0 Å². The van der Waals surface area contributed by atoms with Crippen LogP contribution in [0.4, 0.5) is 0 Å². The van der Waals surface area contributed by atoms with Crippen LogP contribution in [-0.2, 0) is 0 Å². The number of ketones is 1. The van der Waals surface area contributed by atoms with Gasteiger partial charge < -0.3 is 0 Å². The van der Waals surface area contributed by atoms with Crippen molar-refractivity contribution >= 4 is 28.7 Å². The molecule has 0 aliphatic heterocycles. The molecule has 0 bridgehead atoms. The Bertz CT molecular complexity index is 372. The molecular weight excluding hydrogens is 216 g/mol. The molecule has 1 atom stereocenters. The van der Waals surface area contributed by atoms with Gasteiger partial charge in [-0.1, -0.05) is 25.4 Å². The van der Waals surface area contributed by atoms with Gasteiger partial charge in [0.2, 0.25) is 0 Å². The molecule has 0 saturated heterocycles. The average Bonchev–Trinajstić information content (AvgIpc) is 2.59. The summed E-state index contributed by atoms with van der Waals surface area (Å²) >= 11 is 7.34. The van der Waals surface area contributed by atoms with Crippen LogP contribution in [-0.4, -0.2) is 5.78 Å². The Hall–Kier alpha value is -0.340. The van der Waals surface area contributed by atoms with Crippen molar-refractivity contribution in [3.05, 3.63) is 20.8 Å². The smallest absolute Gasteiger partial charge is 0.176 e. The Kier molecular flexibility index (Phi) is 2.24. The first-order chi connectivity index (χ1) is 6.42. The Morgan fingerprint density at radius 2 is 2.21 bits per heavy atom. The molecule has 76 valence electrons. The van der Waals surface area contributed by atoms with Crippen molar-refractivity contribution in [2.45, 2.75) is 27.2 Å². The molecule has 1 aromatic heterocycles. The summed E-state index contributed by atoms with van der Waals surface area (Å²) in [5.41, 5.74) is 1.22. The maximum Gasteiger partial charge on any atom is 0.176 e. The summed E-state index contributed by atoms with van der Waals surface area (Å²) in [6.07, 6.45) is 1.01. The second-order valence-electron chi connectivity index (χ2n) is 4.68. The Labute approximate surface area is 93.1 Å². The highest BCUT2D eigenvalue weighted by Crippen LogP contribution is 2.53. The second kappa shape index (κ2) is 3.07. The Balaban J connectivity index is 2.21. The molecule has 1 saturated carbocycles. The van der Waals surface area contributed by atoms with Crippen molar-refractivity contribution in [2.24, 2.45) is 11.3 Å². The highest BCUT2D eigenvalue weighted by Gasteiger charge is 2.50. The molecule has 1 aliphatic carbocycles. The van der Waals surface area contributed by atoms with E-state index < -0.39 is 0 Å². The van der Waals surface area contributed by atoms with Gasteiger partial charge in [0.1, 0.15) is 0 Å². The minimum absolute atomic E-state index is 0.210. The Morgan fingerprint density at radius 3 is 2.57 bits per heavy atom. The first-order valence-electron chi connectivity index (χ1n) is 4.72. The van der Waals surface area contributed by atoms with Crippen LogP contribution in [0, 0.1) is 18.3 Å². The van der Waals surface area contributed by atoms with Crippen LogP contribution >= 0.6 is 22.9 Å². The van der Waals surface area contributed by atoms with Gasteiger partial charge in [-0.15, -0.1) is 11.3 Å². The first kappa shape index (κ1) is 10.2. The molecule has 2 rings (SSSR count). The van der Waals surface area contributed by atoms with E-state index in [0.29, 0.717) is 0 Å². The lowest BCUT2D eigenvalue weighted by molar-refractivity contribution is 0.0957. The van der Waals surface area contributed by atoms with Gasteiger partial charge in [-0.2, -0.15) is 0 Å². The number of hydrogen-bond donors (Lipinski definition) is 0. The monoisotopic (exact) mass is 228 g/mol. The maximum atomic E-state index is 11.9. The van der Waals surface area contributed by atoms with Crippen LogP contribution in [0.3, 0.4) is 0 Å². The molecule has 0 spiro atoms. The summed E-state index contributed by atoms with van der Waals surface area (Å²) in [6, 6.07) is 1.91. The van der Waals surface area contributed by atoms with Crippen LogP contribution in [0.25, 0.3) is 0 Å². The highest BCUT2D eigenvalue weighted by molar-refractivity contribution is 7.18. The van der Waals surface area contributed by atoms with Gasteiger partial charge in [-0.25, -0.2) is 0 Å². The standard InChI is InChI=1S/C11H13ClOS/c1-6-4-8(14-10(6)12)9(13)7-5-11(7,2)3/h4,7H,5H2,1-3H3. The molecule has 1 unspecified atom stereocenters. The zero-order valence-corrected chi connectivity index (χ0v) is 10.1. The summed E-state index contributed by atoms with van der Waals surface area (Å²) in [7, 11) is 0. The minimum Gasteiger partial charge on any atom is -0.293 e. The zero-order valence-electron chi connectivity index (χ0n) is 8.56. The van der Waals surface area contributed by atoms with Crippen LogP contribution in [0.15, 0.2) is 6.07 Å². The number of aryl methyl sites for hydroxylation is 1. The topological polar surface area (TPSA) is 17.1 Å². The SMILES string of the molecule is Cc1cc(C(=O)C2CC2(C)C)sc1Cl. The van der Waals surface area contributed by atoms with Gasteiger partial charge in [-0.05, 0) is 30.4 Å². The molecule has 0 aromatic carbocycles. The third-order valence-electron chi connectivity index (χ3n) is 2.93. The molecule has 3 heteroatoms. The lowest BCUT2D eigenvalue weighted by Gasteiger charge is -1.99. The molecule has 14 heavy (non-hydrogen) atoms. The summed E-state index contributed by atoms with van der Waals surface area (Å²) in [5, 5.41) is 0. The number of Topliss-reactive ketones (excluding diaryl/α,β-unsaturated/α-hetero) is 1. The fourth-order valence-corrected chi connectivity index (χ4v) is 2.86. The molecular formula is C11H13ClOS. The van der Waals surface area contributed by atoms with E-state index in [2.05, 4.69) is 13.8 Å². The molecule has 1 aliphatic rings. The first-order valence-corrected chi connectivity index (χ1v) is 5.91. The lowest BCUT2D eigenvalue weighted by atomic mass is 10.1. The normalized spacial score (nSPS) is 23.6. The van der Waals surface area contributed by atoms with Gasteiger partial charge in [0, 0.05) is 5.92 Å². The molecule has 0 amide bonds. The predicted octanol–water partition coefficient (Wildman–Crippen LogP) is 3.94. The van der Waals surface area contributed by atoms with Crippen LogP contribution in [0.1, 0.15) is 35.5 Å². The van der Waals surface area contributed by atoms with Crippen LogP contribution < -0.4 is 0 Å². The van der Waals surface area contributed by atoms with Crippen molar-refractivity contribution in [3.63, 3.8) is 0 Å². The van der Waals surface area contributed by atoms with Gasteiger partial charge in [0.05, 0.1) is 9.21 Å². The van der Waals surface area contributed by atoms with Crippen LogP contribution in [0.5, 0.6) is 0 Å². The fourth-order valence-electron chi connectivity index (χ4n) is 1.67. The van der Waals surface area contributed by atoms with E-state index in [4.69, 9.17) is 11.6 Å². The van der Waals surface area contributed by atoms with Gasteiger partial charge >= 0.3 is 0 Å². The maximum absolute atomic E-state index is 11.9. The summed E-state index contributed by atoms with van der Waals surface area (Å²) in [4.78, 5) is 12.8. The molecule has 1 nitrogen and oxygen atoms in total. The zero-order chi connectivity index (χ0) is 10.5. The second-order valence-corrected chi connectivity index (χ2v) is 6.33. The third-order valence-corrected chi connectivity index (χ3v) is 4.50. The largest absolute Gasteiger partial charge is 0.293 e. The number of carbonyl (C=O) groups excluding carboxylic acids is 1. The van der Waals surface area contributed by atoms with Crippen molar-refractivity contribution in [3.8, 4) is 0 Å². The van der Waals surface area contributed by atoms with Crippen molar-refractivity contribution < 1.29 is 4.79 Å². The van der Waals surface area contributed by atoms with Crippen molar-refractivity contribution in [1.29, 1.82) is 0 Å². The minimum atomic E-state index is 0.210. The van der Waals surface area contributed by atoms with Gasteiger partial charge in [-0.3, -0.25) is 4.79 Å². The third kappa shape index (κ3) is 1.61. The van der Waals surface area contributed by atoms with Crippen LogP contribution in [0.2, 0.25) is 4.34 Å². The molecule has 1 fully saturated rings. The van der Waals surface area contributed by atoms with Crippen molar-refractivity contribution in [1.82, 2.24) is 0 Å². The van der Waals surface area contributed by atoms with Gasteiger partial charge in [0.15, 0.2) is 5.78 Å². The van der Waals surface area contributed by atoms with E-state index in [1.165, 1.54) is 11.3 Å². The number of halogens is 1. The quantitative estimate of drug-likeness (QED) is 0.701. The highest BCUT2D eigenvalue weighted by atomic mass is 35.5. The molecule has 0 radical (unpaired) electrons.